The van der Waals surface area contributed by atoms with E-state index in [1.165, 1.54) is 18.2 Å². The molecule has 0 heterocycles. The standard InChI is InChI=1S/C15H22F3N3O2.HI/c1-11(2)7-9-22-10-8-20-14(19)21-12-5-3-4-6-13(12)23-15(16,17)18;/h3-6,11H,7-10H2,1-2H3,(H3,19,20,21);1H. The van der Waals surface area contributed by atoms with Gasteiger partial charge in [-0.3, -0.25) is 4.99 Å². The molecular formula is C15H23F3IN3O2. The van der Waals surface area contributed by atoms with Crippen molar-refractivity contribution in [1.29, 1.82) is 0 Å². The topological polar surface area (TPSA) is 68.9 Å². The molecule has 0 amide bonds. The maximum Gasteiger partial charge on any atom is 0.573 e. The van der Waals surface area contributed by atoms with Crippen molar-refractivity contribution >= 4 is 35.6 Å². The van der Waals surface area contributed by atoms with Gasteiger partial charge in [0.2, 0.25) is 0 Å². The summed E-state index contributed by atoms with van der Waals surface area (Å²) in [5.74, 6) is 0.192. The molecule has 9 heteroatoms. The first kappa shape index (κ1) is 22.8. The van der Waals surface area contributed by atoms with Crippen molar-refractivity contribution in [3.05, 3.63) is 24.3 Å². The lowest BCUT2D eigenvalue weighted by Crippen LogP contribution is -2.25. The summed E-state index contributed by atoms with van der Waals surface area (Å²) < 4.78 is 46.2. The van der Waals surface area contributed by atoms with Crippen LogP contribution in [0, 0.1) is 5.92 Å². The summed E-state index contributed by atoms with van der Waals surface area (Å²) in [5, 5.41) is 2.59. The Balaban J connectivity index is 0.00000529. The Bertz CT molecular complexity index is 511. The minimum absolute atomic E-state index is 0. The highest BCUT2D eigenvalue weighted by Crippen LogP contribution is 2.29. The van der Waals surface area contributed by atoms with E-state index in [-0.39, 0.29) is 41.4 Å². The van der Waals surface area contributed by atoms with Crippen molar-refractivity contribution in [1.82, 2.24) is 0 Å². The van der Waals surface area contributed by atoms with Crippen molar-refractivity contribution in [3.8, 4) is 5.75 Å². The molecule has 0 aliphatic carbocycles. The van der Waals surface area contributed by atoms with Crippen LogP contribution >= 0.6 is 24.0 Å². The van der Waals surface area contributed by atoms with Crippen molar-refractivity contribution in [2.75, 3.05) is 25.1 Å². The number of nitrogens with zero attached hydrogens (tertiary/aromatic N) is 1. The largest absolute Gasteiger partial charge is 0.573 e. The molecule has 0 aromatic heterocycles. The summed E-state index contributed by atoms with van der Waals surface area (Å²) in [6.45, 7) is 5.56. The maximum absolute atomic E-state index is 12.3. The molecular weight excluding hydrogens is 438 g/mol. The number of nitrogens with two attached hydrogens (primary N) is 1. The number of nitrogens with one attached hydrogen (secondary N) is 1. The van der Waals surface area contributed by atoms with Crippen LogP contribution < -0.4 is 15.8 Å². The Kier molecular flexibility index (Phi) is 10.8. The number of para-hydroxylation sites is 2. The van der Waals surface area contributed by atoms with Crippen LogP contribution in [0.4, 0.5) is 18.9 Å². The third-order valence-corrected chi connectivity index (χ3v) is 2.73. The molecule has 0 unspecified atom stereocenters. The molecule has 0 saturated heterocycles. The summed E-state index contributed by atoms with van der Waals surface area (Å²) in [5.41, 5.74) is 5.74. The lowest BCUT2D eigenvalue weighted by atomic mass is 10.1. The zero-order valence-corrected chi connectivity index (χ0v) is 15.9. The summed E-state index contributed by atoms with van der Waals surface area (Å²) >= 11 is 0. The van der Waals surface area contributed by atoms with Gasteiger partial charge in [0.15, 0.2) is 11.7 Å². The lowest BCUT2D eigenvalue weighted by Gasteiger charge is -2.14. The van der Waals surface area contributed by atoms with Gasteiger partial charge in [-0.25, -0.2) is 0 Å². The smallest absolute Gasteiger partial charge is 0.404 e. The quantitative estimate of drug-likeness (QED) is 0.266. The van der Waals surface area contributed by atoms with Crippen molar-refractivity contribution in [2.45, 2.75) is 26.6 Å². The summed E-state index contributed by atoms with van der Waals surface area (Å²) in [6.07, 6.45) is -3.81. The van der Waals surface area contributed by atoms with Crippen LogP contribution in [0.5, 0.6) is 5.75 Å². The summed E-state index contributed by atoms with van der Waals surface area (Å²) in [7, 11) is 0. The van der Waals surface area contributed by atoms with Crippen molar-refractivity contribution < 1.29 is 22.6 Å². The van der Waals surface area contributed by atoms with Crippen LogP contribution in [0.1, 0.15) is 20.3 Å². The van der Waals surface area contributed by atoms with Crippen LogP contribution in [0.25, 0.3) is 0 Å². The first-order valence-electron chi connectivity index (χ1n) is 7.27. The second kappa shape index (κ2) is 11.3. The predicted octanol–water partition coefficient (Wildman–Crippen LogP) is 3.99. The van der Waals surface area contributed by atoms with Crippen LogP contribution in [-0.4, -0.2) is 32.1 Å². The molecule has 0 aliphatic rings. The molecule has 0 spiro atoms. The van der Waals surface area contributed by atoms with E-state index in [1.54, 1.807) is 6.07 Å². The third kappa shape index (κ3) is 10.5. The number of guanidine groups is 1. The van der Waals surface area contributed by atoms with Crippen molar-refractivity contribution in [2.24, 2.45) is 16.6 Å². The average Bonchev–Trinajstić information content (AvgIpc) is 2.43. The maximum atomic E-state index is 12.3. The molecule has 1 rings (SSSR count). The van der Waals surface area contributed by atoms with Gasteiger partial charge in [-0.05, 0) is 24.5 Å². The van der Waals surface area contributed by atoms with E-state index in [1.807, 2.05) is 0 Å². The SMILES string of the molecule is CC(C)CCOCCN=C(N)Nc1ccccc1OC(F)(F)F.I. The Labute approximate surface area is 156 Å². The monoisotopic (exact) mass is 461 g/mol. The fraction of sp³-hybridized carbons (Fsp3) is 0.533. The highest BCUT2D eigenvalue weighted by Gasteiger charge is 2.32. The Hall–Kier alpha value is -1.23. The minimum Gasteiger partial charge on any atom is -0.404 e. The van der Waals surface area contributed by atoms with Gasteiger partial charge in [-0.1, -0.05) is 26.0 Å². The van der Waals surface area contributed by atoms with Gasteiger partial charge < -0.3 is 20.5 Å². The van der Waals surface area contributed by atoms with E-state index >= 15 is 0 Å². The minimum atomic E-state index is -4.77. The van der Waals surface area contributed by atoms with E-state index < -0.39 is 6.36 Å². The lowest BCUT2D eigenvalue weighted by molar-refractivity contribution is -0.274. The number of ether oxygens (including phenoxy) is 2. The van der Waals surface area contributed by atoms with Crippen LogP contribution in [0.3, 0.4) is 0 Å². The highest BCUT2D eigenvalue weighted by atomic mass is 127. The Morgan fingerprint density at radius 3 is 2.54 bits per heavy atom. The van der Waals surface area contributed by atoms with E-state index in [4.69, 9.17) is 10.5 Å². The summed E-state index contributed by atoms with van der Waals surface area (Å²) in [4.78, 5) is 4.00. The predicted molar refractivity (Wildman–Crippen MR) is 98.9 cm³/mol. The number of rotatable bonds is 8. The number of anilines is 1. The number of halogens is 4. The molecule has 138 valence electrons. The van der Waals surface area contributed by atoms with E-state index in [9.17, 15) is 13.2 Å². The second-order valence-corrected chi connectivity index (χ2v) is 5.23. The molecule has 0 atom stereocenters. The number of alkyl halides is 3. The first-order valence-corrected chi connectivity index (χ1v) is 7.27. The number of benzene rings is 1. The van der Waals surface area contributed by atoms with Crippen LogP contribution in [-0.2, 0) is 4.74 Å². The molecule has 24 heavy (non-hydrogen) atoms. The zero-order valence-electron chi connectivity index (χ0n) is 13.6. The zero-order chi connectivity index (χ0) is 17.3. The molecule has 0 saturated carbocycles. The van der Waals surface area contributed by atoms with Gasteiger partial charge in [0.05, 0.1) is 18.8 Å². The molecule has 0 bridgehead atoms. The van der Waals surface area contributed by atoms with Gasteiger partial charge in [0, 0.05) is 6.61 Å². The number of hydrogen-bond acceptors (Lipinski definition) is 3. The van der Waals surface area contributed by atoms with Gasteiger partial charge in [0.1, 0.15) is 0 Å². The Morgan fingerprint density at radius 1 is 1.25 bits per heavy atom. The first-order chi connectivity index (χ1) is 10.8. The highest BCUT2D eigenvalue weighted by molar-refractivity contribution is 14.0. The third-order valence-electron chi connectivity index (χ3n) is 2.73. The second-order valence-electron chi connectivity index (χ2n) is 5.23. The van der Waals surface area contributed by atoms with E-state index in [0.717, 1.165) is 6.42 Å². The Morgan fingerprint density at radius 2 is 1.92 bits per heavy atom. The normalized spacial score (nSPS) is 12.0. The van der Waals surface area contributed by atoms with E-state index in [0.29, 0.717) is 25.7 Å². The average molecular weight is 461 g/mol. The molecule has 1 aromatic carbocycles. The summed E-state index contributed by atoms with van der Waals surface area (Å²) in [6, 6.07) is 5.61. The number of hydrogen-bond donors (Lipinski definition) is 2. The van der Waals surface area contributed by atoms with Crippen molar-refractivity contribution in [3.63, 3.8) is 0 Å². The number of aliphatic imine (C=N–C) groups is 1. The molecule has 5 nitrogen and oxygen atoms in total. The molecule has 3 N–H and O–H groups in total. The van der Waals surface area contributed by atoms with Gasteiger partial charge in [0.25, 0.3) is 0 Å². The van der Waals surface area contributed by atoms with Gasteiger partial charge in [-0.2, -0.15) is 0 Å². The van der Waals surface area contributed by atoms with Crippen LogP contribution in [0.15, 0.2) is 29.3 Å². The van der Waals surface area contributed by atoms with Gasteiger partial charge in [-0.15, -0.1) is 37.1 Å². The fourth-order valence-corrected chi connectivity index (χ4v) is 1.61. The van der Waals surface area contributed by atoms with E-state index in [2.05, 4.69) is 28.9 Å². The molecule has 0 fully saturated rings. The molecule has 1 aromatic rings. The molecule has 0 radical (unpaired) electrons. The van der Waals surface area contributed by atoms with Crippen LogP contribution in [0.2, 0.25) is 0 Å². The molecule has 0 aliphatic heterocycles. The fourth-order valence-electron chi connectivity index (χ4n) is 1.61. The van der Waals surface area contributed by atoms with Gasteiger partial charge >= 0.3 is 6.36 Å².